The molecule has 3 nitrogen and oxygen atoms in total. The molecule has 72 valence electrons. The van der Waals surface area contributed by atoms with Gasteiger partial charge < -0.3 is 10.5 Å². The number of pyridine rings is 1. The molecule has 0 atom stereocenters. The van der Waals surface area contributed by atoms with Crippen LogP contribution < -0.4 is 10.5 Å². The molecular formula is C7H7F3N2O. The number of aromatic nitrogens is 1. The van der Waals surface area contributed by atoms with Gasteiger partial charge in [-0.1, -0.05) is 0 Å². The molecule has 0 spiro atoms. The molecule has 0 saturated heterocycles. The number of nitrogens with zero attached hydrogens (tertiary/aromatic N) is 1. The third-order valence-electron chi connectivity index (χ3n) is 1.40. The Hall–Kier alpha value is -1.46. The first-order valence-electron chi connectivity index (χ1n) is 3.34. The maximum Gasteiger partial charge on any atom is 0.283 e. The van der Waals surface area contributed by atoms with Gasteiger partial charge in [0.25, 0.3) is 6.43 Å². The summed E-state index contributed by atoms with van der Waals surface area (Å²) in [6.45, 7) is 0. The zero-order valence-electron chi connectivity index (χ0n) is 6.72. The number of alkyl halides is 2. The topological polar surface area (TPSA) is 48.1 Å². The summed E-state index contributed by atoms with van der Waals surface area (Å²) in [7, 11) is 1.21. The second-order valence-corrected chi connectivity index (χ2v) is 2.25. The summed E-state index contributed by atoms with van der Waals surface area (Å²) >= 11 is 0. The highest BCUT2D eigenvalue weighted by molar-refractivity contribution is 5.48. The minimum Gasteiger partial charge on any atom is -0.480 e. The van der Waals surface area contributed by atoms with Crippen LogP contribution in [0.25, 0.3) is 0 Å². The molecule has 13 heavy (non-hydrogen) atoms. The predicted molar refractivity (Wildman–Crippen MR) is 40.1 cm³/mol. The summed E-state index contributed by atoms with van der Waals surface area (Å²) in [6, 6.07) is 0.757. The van der Waals surface area contributed by atoms with Crippen LogP contribution >= 0.6 is 0 Å². The van der Waals surface area contributed by atoms with E-state index in [4.69, 9.17) is 5.73 Å². The number of anilines is 1. The number of hydrogen-bond acceptors (Lipinski definition) is 3. The van der Waals surface area contributed by atoms with E-state index in [1.807, 2.05) is 0 Å². The van der Waals surface area contributed by atoms with E-state index >= 15 is 0 Å². The van der Waals surface area contributed by atoms with Crippen LogP contribution in [0.5, 0.6) is 5.88 Å². The average Bonchev–Trinajstić information content (AvgIpc) is 2.03. The van der Waals surface area contributed by atoms with Gasteiger partial charge in [-0.3, -0.25) is 0 Å². The predicted octanol–water partition coefficient (Wildman–Crippen LogP) is 1.75. The molecule has 6 heteroatoms. The largest absolute Gasteiger partial charge is 0.480 e. The van der Waals surface area contributed by atoms with Gasteiger partial charge in [0.05, 0.1) is 12.8 Å². The third-order valence-corrected chi connectivity index (χ3v) is 1.40. The third kappa shape index (κ3) is 1.82. The van der Waals surface area contributed by atoms with Crippen molar-refractivity contribution in [1.29, 1.82) is 0 Å². The minimum atomic E-state index is -2.98. The van der Waals surface area contributed by atoms with E-state index in [0.29, 0.717) is 0 Å². The summed E-state index contributed by atoms with van der Waals surface area (Å²) in [5, 5.41) is 0. The Morgan fingerprint density at radius 2 is 2.15 bits per heavy atom. The molecule has 0 saturated carbocycles. The Labute approximate surface area is 72.3 Å². The van der Waals surface area contributed by atoms with Crippen molar-refractivity contribution in [3.05, 3.63) is 17.6 Å². The number of nitrogens with two attached hydrogens (primary N) is 1. The standard InChI is InChI=1S/C7H7F3N2O/c1-13-7-4(11)2-3(8)5(12-7)6(9)10/h2,6H,11H2,1H3. The fourth-order valence-corrected chi connectivity index (χ4v) is 0.816. The normalized spacial score (nSPS) is 10.5. The fraction of sp³-hybridized carbons (Fsp3) is 0.286. The van der Waals surface area contributed by atoms with Crippen LogP contribution in [0.3, 0.4) is 0 Å². The smallest absolute Gasteiger partial charge is 0.283 e. The van der Waals surface area contributed by atoms with Crippen LogP contribution in [0.1, 0.15) is 12.1 Å². The van der Waals surface area contributed by atoms with Crippen molar-refractivity contribution in [3.63, 3.8) is 0 Å². The van der Waals surface area contributed by atoms with E-state index in [0.717, 1.165) is 6.07 Å². The first-order chi connectivity index (χ1) is 6.06. The molecule has 0 aliphatic carbocycles. The van der Waals surface area contributed by atoms with Gasteiger partial charge in [0.15, 0.2) is 5.82 Å². The SMILES string of the molecule is COc1nc(C(F)F)c(F)cc1N. The van der Waals surface area contributed by atoms with E-state index in [9.17, 15) is 13.2 Å². The van der Waals surface area contributed by atoms with Crippen LogP contribution in [0.2, 0.25) is 0 Å². The van der Waals surface area contributed by atoms with Gasteiger partial charge in [-0.05, 0) is 0 Å². The molecule has 1 heterocycles. The quantitative estimate of drug-likeness (QED) is 0.776. The summed E-state index contributed by atoms with van der Waals surface area (Å²) in [4.78, 5) is 3.22. The highest BCUT2D eigenvalue weighted by Gasteiger charge is 2.18. The summed E-state index contributed by atoms with van der Waals surface area (Å²) < 4.78 is 41.4. The molecule has 0 amide bonds. The lowest BCUT2D eigenvalue weighted by Crippen LogP contribution is -2.02. The van der Waals surface area contributed by atoms with Gasteiger partial charge >= 0.3 is 0 Å². The first kappa shape index (κ1) is 9.63. The molecule has 0 radical (unpaired) electrons. The number of nitrogen functional groups attached to an aromatic ring is 1. The van der Waals surface area contributed by atoms with Crippen molar-refractivity contribution in [2.24, 2.45) is 0 Å². The van der Waals surface area contributed by atoms with E-state index < -0.39 is 17.9 Å². The fourth-order valence-electron chi connectivity index (χ4n) is 0.816. The molecule has 1 rings (SSSR count). The van der Waals surface area contributed by atoms with Gasteiger partial charge in [0.2, 0.25) is 5.88 Å². The molecule has 0 aliphatic heterocycles. The van der Waals surface area contributed by atoms with Crippen molar-refractivity contribution in [2.45, 2.75) is 6.43 Å². The maximum absolute atomic E-state index is 12.7. The molecule has 0 aliphatic rings. The van der Waals surface area contributed by atoms with Gasteiger partial charge in [-0.25, -0.2) is 18.2 Å². The van der Waals surface area contributed by atoms with Gasteiger partial charge in [0, 0.05) is 6.07 Å². The monoisotopic (exact) mass is 192 g/mol. The number of hydrogen-bond donors (Lipinski definition) is 1. The van der Waals surface area contributed by atoms with E-state index in [2.05, 4.69) is 9.72 Å². The van der Waals surface area contributed by atoms with Gasteiger partial charge in [-0.15, -0.1) is 0 Å². The van der Waals surface area contributed by atoms with Crippen LogP contribution in [-0.2, 0) is 0 Å². The molecule has 0 aromatic carbocycles. The lowest BCUT2D eigenvalue weighted by Gasteiger charge is -2.06. The second kappa shape index (κ2) is 3.51. The summed E-state index contributed by atoms with van der Waals surface area (Å²) in [5.41, 5.74) is 4.17. The lowest BCUT2D eigenvalue weighted by atomic mass is 10.3. The molecule has 0 unspecified atom stereocenters. The van der Waals surface area contributed by atoms with Crippen LogP contribution in [0, 0.1) is 5.82 Å². The zero-order valence-corrected chi connectivity index (χ0v) is 6.72. The number of rotatable bonds is 2. The second-order valence-electron chi connectivity index (χ2n) is 2.25. The van der Waals surface area contributed by atoms with Gasteiger partial charge in [0.1, 0.15) is 5.69 Å². The van der Waals surface area contributed by atoms with Crippen molar-refractivity contribution in [2.75, 3.05) is 12.8 Å². The summed E-state index contributed by atoms with van der Waals surface area (Å²) in [5.74, 6) is -1.33. The maximum atomic E-state index is 12.7. The minimum absolute atomic E-state index is 0.107. The average molecular weight is 192 g/mol. The molecule has 0 fully saturated rings. The Balaban J connectivity index is 3.22. The number of halogens is 3. The Kier molecular flexibility index (Phi) is 2.60. The first-order valence-corrected chi connectivity index (χ1v) is 3.34. The number of ether oxygens (including phenoxy) is 1. The van der Waals surface area contributed by atoms with Crippen molar-refractivity contribution >= 4 is 5.69 Å². The van der Waals surface area contributed by atoms with Crippen molar-refractivity contribution in [3.8, 4) is 5.88 Å². The highest BCUT2D eigenvalue weighted by atomic mass is 19.3. The highest BCUT2D eigenvalue weighted by Crippen LogP contribution is 2.26. The van der Waals surface area contributed by atoms with E-state index in [1.165, 1.54) is 7.11 Å². The molecule has 0 bridgehead atoms. The number of methoxy groups -OCH3 is 1. The zero-order chi connectivity index (χ0) is 10.0. The van der Waals surface area contributed by atoms with E-state index in [1.54, 1.807) is 0 Å². The van der Waals surface area contributed by atoms with Crippen LogP contribution in [0.4, 0.5) is 18.9 Å². The van der Waals surface area contributed by atoms with E-state index in [-0.39, 0.29) is 11.6 Å². The molecule has 2 N–H and O–H groups in total. The summed E-state index contributed by atoms with van der Waals surface area (Å²) in [6.07, 6.45) is -2.98. The van der Waals surface area contributed by atoms with Crippen LogP contribution in [-0.4, -0.2) is 12.1 Å². The van der Waals surface area contributed by atoms with Crippen LogP contribution in [0.15, 0.2) is 6.07 Å². The molecule has 1 aromatic rings. The molecular weight excluding hydrogens is 185 g/mol. The Morgan fingerprint density at radius 1 is 1.54 bits per heavy atom. The van der Waals surface area contributed by atoms with Crippen molar-refractivity contribution in [1.82, 2.24) is 4.98 Å². The Morgan fingerprint density at radius 3 is 2.62 bits per heavy atom. The van der Waals surface area contributed by atoms with Crippen molar-refractivity contribution < 1.29 is 17.9 Å². The Bertz CT molecular complexity index is 317. The molecule has 1 aromatic heterocycles. The lowest BCUT2D eigenvalue weighted by molar-refractivity contribution is 0.139. The van der Waals surface area contributed by atoms with Gasteiger partial charge in [-0.2, -0.15) is 0 Å².